The summed E-state index contributed by atoms with van der Waals surface area (Å²) in [6, 6.07) is 5.91. The molecular weight excluding hydrogens is 316 g/mol. The number of pyridine rings is 2. The molecule has 1 aliphatic rings. The summed E-state index contributed by atoms with van der Waals surface area (Å²) in [7, 11) is 0. The molecule has 0 unspecified atom stereocenters. The van der Waals surface area contributed by atoms with E-state index in [1.807, 2.05) is 44.4 Å². The Hall–Kier alpha value is -2.47. The SMILES string of the molecule is Cc1cc(C)c(C(=O)N2CCN(CCc3ccncc3)CC2)c(=O)[nH]1. The van der Waals surface area contributed by atoms with Crippen molar-refractivity contribution in [2.75, 3.05) is 32.7 Å². The third-order valence-electron chi connectivity index (χ3n) is 4.70. The summed E-state index contributed by atoms with van der Waals surface area (Å²) in [4.78, 5) is 35.8. The van der Waals surface area contributed by atoms with E-state index in [1.165, 1.54) is 5.56 Å². The summed E-state index contributed by atoms with van der Waals surface area (Å²) in [6.45, 7) is 7.59. The van der Waals surface area contributed by atoms with Gasteiger partial charge in [-0.2, -0.15) is 0 Å². The van der Waals surface area contributed by atoms with Gasteiger partial charge in [0.2, 0.25) is 0 Å². The second kappa shape index (κ2) is 7.61. The Kier molecular flexibility index (Phi) is 5.28. The molecule has 1 fully saturated rings. The molecular formula is C19H24N4O2. The molecule has 132 valence electrons. The Labute approximate surface area is 147 Å². The van der Waals surface area contributed by atoms with Crippen molar-refractivity contribution in [3.8, 4) is 0 Å². The Morgan fingerprint density at radius 1 is 1.16 bits per heavy atom. The van der Waals surface area contributed by atoms with Gasteiger partial charge in [0.25, 0.3) is 11.5 Å². The molecule has 0 radical (unpaired) electrons. The van der Waals surface area contributed by atoms with Crippen LogP contribution in [0.25, 0.3) is 0 Å². The van der Waals surface area contributed by atoms with E-state index in [2.05, 4.69) is 14.9 Å². The minimum atomic E-state index is -0.289. The van der Waals surface area contributed by atoms with Crippen molar-refractivity contribution in [2.45, 2.75) is 20.3 Å². The van der Waals surface area contributed by atoms with Crippen LogP contribution >= 0.6 is 0 Å². The molecule has 0 aromatic carbocycles. The first kappa shape index (κ1) is 17.4. The number of amides is 1. The second-order valence-corrected chi connectivity index (χ2v) is 6.58. The number of nitrogens with zero attached hydrogens (tertiary/aromatic N) is 3. The maximum atomic E-state index is 12.7. The van der Waals surface area contributed by atoms with Gasteiger partial charge in [-0.1, -0.05) is 0 Å². The van der Waals surface area contributed by atoms with Crippen molar-refractivity contribution in [3.05, 3.63) is 63.3 Å². The van der Waals surface area contributed by atoms with Crippen LogP contribution in [0.15, 0.2) is 35.4 Å². The first-order valence-electron chi connectivity index (χ1n) is 8.65. The van der Waals surface area contributed by atoms with E-state index in [-0.39, 0.29) is 17.0 Å². The van der Waals surface area contributed by atoms with Gasteiger partial charge in [0.15, 0.2) is 0 Å². The summed E-state index contributed by atoms with van der Waals surface area (Å²) in [5, 5.41) is 0. The summed E-state index contributed by atoms with van der Waals surface area (Å²) >= 11 is 0. The van der Waals surface area contributed by atoms with Gasteiger partial charge in [-0.15, -0.1) is 0 Å². The van der Waals surface area contributed by atoms with Crippen LogP contribution in [0.3, 0.4) is 0 Å². The summed E-state index contributed by atoms with van der Waals surface area (Å²) in [5.41, 5.74) is 2.78. The second-order valence-electron chi connectivity index (χ2n) is 6.58. The van der Waals surface area contributed by atoms with E-state index in [0.717, 1.165) is 37.3 Å². The fourth-order valence-corrected chi connectivity index (χ4v) is 3.29. The van der Waals surface area contributed by atoms with Crippen LogP contribution in [0.5, 0.6) is 0 Å². The summed E-state index contributed by atoms with van der Waals surface area (Å²) < 4.78 is 0. The van der Waals surface area contributed by atoms with Crippen molar-refractivity contribution in [3.63, 3.8) is 0 Å². The van der Waals surface area contributed by atoms with Gasteiger partial charge in [-0.05, 0) is 49.6 Å². The number of rotatable bonds is 4. The van der Waals surface area contributed by atoms with E-state index >= 15 is 0 Å². The van der Waals surface area contributed by atoms with Gasteiger partial charge in [0.05, 0.1) is 0 Å². The Morgan fingerprint density at radius 3 is 2.48 bits per heavy atom. The predicted octanol–water partition coefficient (Wildman–Crippen LogP) is 1.39. The number of aromatic amines is 1. The number of aryl methyl sites for hydroxylation is 2. The topological polar surface area (TPSA) is 69.3 Å². The molecule has 0 atom stereocenters. The van der Waals surface area contributed by atoms with Gasteiger partial charge in [0, 0.05) is 50.8 Å². The largest absolute Gasteiger partial charge is 0.336 e. The van der Waals surface area contributed by atoms with E-state index in [9.17, 15) is 9.59 Å². The van der Waals surface area contributed by atoms with E-state index < -0.39 is 0 Å². The number of hydrogen-bond acceptors (Lipinski definition) is 4. The van der Waals surface area contributed by atoms with Gasteiger partial charge in [-0.3, -0.25) is 19.5 Å². The standard InChI is InChI=1S/C19H24N4O2/c1-14-13-15(2)21-18(24)17(14)19(25)23-11-9-22(10-12-23)8-5-16-3-6-20-7-4-16/h3-4,6-7,13H,5,8-12H2,1-2H3,(H,21,24). The number of piperazine rings is 1. The zero-order valence-electron chi connectivity index (χ0n) is 14.8. The fourth-order valence-electron chi connectivity index (χ4n) is 3.29. The van der Waals surface area contributed by atoms with Gasteiger partial charge >= 0.3 is 0 Å². The lowest BCUT2D eigenvalue weighted by Crippen LogP contribution is -2.50. The van der Waals surface area contributed by atoms with Crippen molar-refractivity contribution in [1.82, 2.24) is 19.8 Å². The molecule has 1 aliphatic heterocycles. The lowest BCUT2D eigenvalue weighted by molar-refractivity contribution is 0.0636. The van der Waals surface area contributed by atoms with Crippen LogP contribution in [-0.2, 0) is 6.42 Å². The van der Waals surface area contributed by atoms with E-state index in [4.69, 9.17) is 0 Å². The predicted molar refractivity (Wildman–Crippen MR) is 96.8 cm³/mol. The van der Waals surface area contributed by atoms with Crippen LogP contribution in [-0.4, -0.2) is 58.4 Å². The van der Waals surface area contributed by atoms with Crippen molar-refractivity contribution >= 4 is 5.91 Å². The Bertz CT molecular complexity index is 793. The summed E-state index contributed by atoms with van der Waals surface area (Å²) in [6.07, 6.45) is 4.61. The third kappa shape index (κ3) is 4.14. The number of hydrogen-bond donors (Lipinski definition) is 1. The molecule has 6 heteroatoms. The highest BCUT2D eigenvalue weighted by Crippen LogP contribution is 2.11. The van der Waals surface area contributed by atoms with E-state index in [0.29, 0.717) is 13.1 Å². The highest BCUT2D eigenvalue weighted by molar-refractivity contribution is 5.95. The average Bonchev–Trinajstić information content (AvgIpc) is 2.60. The zero-order valence-corrected chi connectivity index (χ0v) is 14.8. The third-order valence-corrected chi connectivity index (χ3v) is 4.70. The van der Waals surface area contributed by atoms with Crippen molar-refractivity contribution in [1.29, 1.82) is 0 Å². The van der Waals surface area contributed by atoms with Crippen LogP contribution in [0.4, 0.5) is 0 Å². The van der Waals surface area contributed by atoms with Crippen LogP contribution < -0.4 is 5.56 Å². The molecule has 0 bridgehead atoms. The molecule has 1 amide bonds. The molecule has 0 spiro atoms. The number of nitrogens with one attached hydrogen (secondary N) is 1. The number of aromatic nitrogens is 2. The lowest BCUT2D eigenvalue weighted by Gasteiger charge is -2.34. The minimum Gasteiger partial charge on any atom is -0.336 e. The molecule has 3 rings (SSSR count). The van der Waals surface area contributed by atoms with Crippen LogP contribution in [0.1, 0.15) is 27.2 Å². The van der Waals surface area contributed by atoms with Crippen molar-refractivity contribution in [2.24, 2.45) is 0 Å². The molecule has 0 saturated carbocycles. The average molecular weight is 340 g/mol. The Balaban J connectivity index is 1.57. The Morgan fingerprint density at radius 2 is 1.84 bits per heavy atom. The van der Waals surface area contributed by atoms with Crippen LogP contribution in [0.2, 0.25) is 0 Å². The normalized spacial score (nSPS) is 15.4. The monoisotopic (exact) mass is 340 g/mol. The van der Waals surface area contributed by atoms with Crippen molar-refractivity contribution < 1.29 is 4.79 Å². The quantitative estimate of drug-likeness (QED) is 0.913. The van der Waals surface area contributed by atoms with Gasteiger partial charge in [-0.25, -0.2) is 0 Å². The molecule has 3 heterocycles. The van der Waals surface area contributed by atoms with Gasteiger partial charge < -0.3 is 9.88 Å². The molecule has 1 N–H and O–H groups in total. The molecule has 2 aromatic rings. The number of carbonyl (C=O) groups is 1. The molecule has 25 heavy (non-hydrogen) atoms. The molecule has 1 saturated heterocycles. The highest BCUT2D eigenvalue weighted by Gasteiger charge is 2.25. The zero-order chi connectivity index (χ0) is 17.8. The van der Waals surface area contributed by atoms with Gasteiger partial charge in [0.1, 0.15) is 5.56 Å². The fraction of sp³-hybridized carbons (Fsp3) is 0.421. The maximum Gasteiger partial charge on any atom is 0.261 e. The summed E-state index contributed by atoms with van der Waals surface area (Å²) in [5.74, 6) is -0.160. The van der Waals surface area contributed by atoms with E-state index in [1.54, 1.807) is 4.90 Å². The number of carbonyl (C=O) groups excluding carboxylic acids is 1. The minimum absolute atomic E-state index is 0.160. The molecule has 0 aliphatic carbocycles. The first-order chi connectivity index (χ1) is 12.0. The number of H-pyrrole nitrogens is 1. The maximum absolute atomic E-state index is 12.7. The smallest absolute Gasteiger partial charge is 0.261 e. The molecule has 2 aromatic heterocycles. The highest BCUT2D eigenvalue weighted by atomic mass is 16.2. The lowest BCUT2D eigenvalue weighted by atomic mass is 10.1. The van der Waals surface area contributed by atoms with Crippen LogP contribution in [0, 0.1) is 13.8 Å². The molecule has 6 nitrogen and oxygen atoms in total. The first-order valence-corrected chi connectivity index (χ1v) is 8.65.